The summed E-state index contributed by atoms with van der Waals surface area (Å²) >= 11 is 0. The zero-order valence-corrected chi connectivity index (χ0v) is 17.3. The molecule has 1 atom stereocenters. The van der Waals surface area contributed by atoms with E-state index in [1.54, 1.807) is 21.3 Å². The number of carbonyl (C=O) groups is 1. The summed E-state index contributed by atoms with van der Waals surface area (Å²) < 4.78 is 16.2. The largest absolute Gasteiger partial charge is 0.493 e. The SMILES string of the molecule is COc1cc(C[C@@H](Nc2cccc(-c3ccccc3)c2)C(N)=O)cc(OC)c1OC. The number of ether oxygens (including phenoxy) is 3. The van der Waals surface area contributed by atoms with Gasteiger partial charge in [-0.25, -0.2) is 0 Å². The molecule has 30 heavy (non-hydrogen) atoms. The summed E-state index contributed by atoms with van der Waals surface area (Å²) in [5.74, 6) is 1.11. The van der Waals surface area contributed by atoms with Gasteiger partial charge in [0.25, 0.3) is 0 Å². The molecule has 156 valence electrons. The van der Waals surface area contributed by atoms with E-state index in [0.29, 0.717) is 23.7 Å². The number of primary amides is 1. The summed E-state index contributed by atoms with van der Waals surface area (Å²) in [5.41, 5.74) is 9.49. The highest BCUT2D eigenvalue weighted by Gasteiger charge is 2.20. The summed E-state index contributed by atoms with van der Waals surface area (Å²) in [6.07, 6.45) is 0.363. The fourth-order valence-corrected chi connectivity index (χ4v) is 3.33. The van der Waals surface area contributed by atoms with E-state index in [1.165, 1.54) is 0 Å². The molecule has 0 aromatic heterocycles. The third-order valence-corrected chi connectivity index (χ3v) is 4.82. The Morgan fingerprint density at radius 1 is 0.867 bits per heavy atom. The lowest BCUT2D eigenvalue weighted by molar-refractivity contribution is -0.118. The molecule has 0 aliphatic carbocycles. The fourth-order valence-electron chi connectivity index (χ4n) is 3.33. The first kappa shape index (κ1) is 21.0. The average Bonchev–Trinajstić information content (AvgIpc) is 2.78. The molecule has 0 saturated heterocycles. The molecule has 0 aliphatic rings. The first-order chi connectivity index (χ1) is 14.5. The number of carbonyl (C=O) groups excluding carboxylic acids is 1. The van der Waals surface area contributed by atoms with Gasteiger partial charge < -0.3 is 25.3 Å². The van der Waals surface area contributed by atoms with Crippen LogP contribution in [0.3, 0.4) is 0 Å². The third-order valence-electron chi connectivity index (χ3n) is 4.82. The van der Waals surface area contributed by atoms with Crippen LogP contribution in [0.5, 0.6) is 17.2 Å². The van der Waals surface area contributed by atoms with Crippen molar-refractivity contribution in [1.82, 2.24) is 0 Å². The number of amides is 1. The molecule has 0 saturated carbocycles. The molecule has 3 N–H and O–H groups in total. The molecule has 0 fully saturated rings. The fraction of sp³-hybridized carbons (Fsp3) is 0.208. The van der Waals surface area contributed by atoms with E-state index in [1.807, 2.05) is 66.7 Å². The number of rotatable bonds is 9. The Morgan fingerprint density at radius 3 is 2.07 bits per heavy atom. The Balaban J connectivity index is 1.85. The van der Waals surface area contributed by atoms with Gasteiger partial charge in [0.1, 0.15) is 6.04 Å². The van der Waals surface area contributed by atoms with Gasteiger partial charge in [0.2, 0.25) is 11.7 Å². The Labute approximate surface area is 176 Å². The van der Waals surface area contributed by atoms with E-state index in [0.717, 1.165) is 22.4 Å². The molecule has 0 heterocycles. The van der Waals surface area contributed by atoms with Crippen LogP contribution in [0.4, 0.5) is 5.69 Å². The molecule has 0 radical (unpaired) electrons. The maximum absolute atomic E-state index is 12.2. The number of nitrogens with one attached hydrogen (secondary N) is 1. The molecule has 6 nitrogen and oxygen atoms in total. The van der Waals surface area contributed by atoms with Crippen LogP contribution < -0.4 is 25.3 Å². The van der Waals surface area contributed by atoms with Crippen molar-refractivity contribution in [3.8, 4) is 28.4 Å². The molecule has 0 bridgehead atoms. The molecule has 3 aromatic carbocycles. The van der Waals surface area contributed by atoms with Crippen LogP contribution in [0.15, 0.2) is 66.7 Å². The van der Waals surface area contributed by atoms with Crippen LogP contribution in [0, 0.1) is 0 Å². The molecule has 3 rings (SSSR count). The molecule has 6 heteroatoms. The Hall–Kier alpha value is -3.67. The highest BCUT2D eigenvalue weighted by Crippen LogP contribution is 2.38. The lowest BCUT2D eigenvalue weighted by Crippen LogP contribution is -2.37. The van der Waals surface area contributed by atoms with Gasteiger partial charge in [0, 0.05) is 12.1 Å². The van der Waals surface area contributed by atoms with Crippen molar-refractivity contribution in [1.29, 1.82) is 0 Å². The first-order valence-electron chi connectivity index (χ1n) is 9.56. The smallest absolute Gasteiger partial charge is 0.240 e. The van der Waals surface area contributed by atoms with Crippen molar-refractivity contribution < 1.29 is 19.0 Å². The second-order valence-corrected chi connectivity index (χ2v) is 6.78. The highest BCUT2D eigenvalue weighted by molar-refractivity contribution is 5.84. The lowest BCUT2D eigenvalue weighted by Gasteiger charge is -2.19. The topological polar surface area (TPSA) is 82.8 Å². The molecule has 1 amide bonds. The summed E-state index contributed by atoms with van der Waals surface area (Å²) in [5, 5.41) is 3.25. The van der Waals surface area contributed by atoms with E-state index in [2.05, 4.69) is 5.32 Å². The molecule has 3 aromatic rings. The van der Waals surface area contributed by atoms with E-state index < -0.39 is 11.9 Å². The zero-order valence-electron chi connectivity index (χ0n) is 17.3. The monoisotopic (exact) mass is 406 g/mol. The van der Waals surface area contributed by atoms with Crippen LogP contribution in [0.25, 0.3) is 11.1 Å². The third kappa shape index (κ3) is 4.84. The van der Waals surface area contributed by atoms with Gasteiger partial charge in [-0.3, -0.25) is 4.79 Å². The van der Waals surface area contributed by atoms with Gasteiger partial charge >= 0.3 is 0 Å². The van der Waals surface area contributed by atoms with E-state index in [-0.39, 0.29) is 0 Å². The van der Waals surface area contributed by atoms with Crippen LogP contribution >= 0.6 is 0 Å². The number of nitrogens with two attached hydrogens (primary N) is 1. The minimum absolute atomic E-state index is 0.363. The number of benzene rings is 3. The summed E-state index contributed by atoms with van der Waals surface area (Å²) in [6.45, 7) is 0. The number of methoxy groups -OCH3 is 3. The predicted molar refractivity (Wildman–Crippen MR) is 118 cm³/mol. The van der Waals surface area contributed by atoms with E-state index >= 15 is 0 Å². The van der Waals surface area contributed by atoms with Crippen LogP contribution in [-0.4, -0.2) is 33.3 Å². The summed E-state index contributed by atoms with van der Waals surface area (Å²) in [7, 11) is 4.66. The maximum Gasteiger partial charge on any atom is 0.240 e. The summed E-state index contributed by atoms with van der Waals surface area (Å²) in [6, 6.07) is 21.0. The minimum atomic E-state index is -0.612. The number of hydrogen-bond acceptors (Lipinski definition) is 5. The van der Waals surface area contributed by atoms with Crippen molar-refractivity contribution in [2.45, 2.75) is 12.5 Å². The molecule has 0 spiro atoms. The van der Waals surface area contributed by atoms with Crippen molar-refractivity contribution in [3.63, 3.8) is 0 Å². The van der Waals surface area contributed by atoms with Crippen molar-refractivity contribution in [3.05, 3.63) is 72.3 Å². The van der Waals surface area contributed by atoms with Gasteiger partial charge in [0.15, 0.2) is 11.5 Å². The maximum atomic E-state index is 12.2. The zero-order chi connectivity index (χ0) is 21.5. The quantitative estimate of drug-likeness (QED) is 0.563. The number of hydrogen-bond donors (Lipinski definition) is 2. The minimum Gasteiger partial charge on any atom is -0.493 e. The van der Waals surface area contributed by atoms with Crippen molar-refractivity contribution in [2.75, 3.05) is 26.6 Å². The van der Waals surface area contributed by atoms with Gasteiger partial charge in [-0.05, 0) is 41.0 Å². The Bertz CT molecular complexity index is 980. The Kier molecular flexibility index (Phi) is 6.80. The van der Waals surface area contributed by atoms with Crippen LogP contribution in [-0.2, 0) is 11.2 Å². The van der Waals surface area contributed by atoms with Gasteiger partial charge in [0.05, 0.1) is 21.3 Å². The first-order valence-corrected chi connectivity index (χ1v) is 9.56. The average molecular weight is 406 g/mol. The van der Waals surface area contributed by atoms with Crippen LogP contribution in [0.1, 0.15) is 5.56 Å². The molecular weight excluding hydrogens is 380 g/mol. The molecule has 0 unspecified atom stereocenters. The van der Waals surface area contributed by atoms with Gasteiger partial charge in [-0.15, -0.1) is 0 Å². The summed E-state index contributed by atoms with van der Waals surface area (Å²) in [4.78, 5) is 12.2. The van der Waals surface area contributed by atoms with Gasteiger partial charge in [-0.1, -0.05) is 42.5 Å². The number of anilines is 1. The van der Waals surface area contributed by atoms with Gasteiger partial charge in [-0.2, -0.15) is 0 Å². The lowest BCUT2D eigenvalue weighted by atomic mass is 10.0. The van der Waals surface area contributed by atoms with Crippen LogP contribution in [0.2, 0.25) is 0 Å². The molecule has 0 aliphatic heterocycles. The van der Waals surface area contributed by atoms with E-state index in [4.69, 9.17) is 19.9 Å². The second-order valence-electron chi connectivity index (χ2n) is 6.78. The normalized spacial score (nSPS) is 11.4. The Morgan fingerprint density at radius 2 is 1.50 bits per heavy atom. The predicted octanol–water partition coefficient (Wildman–Crippen LogP) is 3.89. The highest BCUT2D eigenvalue weighted by atomic mass is 16.5. The second kappa shape index (κ2) is 9.69. The standard InChI is InChI=1S/C24H26N2O4/c1-28-21-13-16(14-22(29-2)23(21)30-3)12-20(24(25)27)26-19-11-7-10-18(15-19)17-8-5-4-6-9-17/h4-11,13-15,20,26H,12H2,1-3H3,(H2,25,27)/t20-/m1/s1. The van der Waals surface area contributed by atoms with Crippen molar-refractivity contribution in [2.24, 2.45) is 5.73 Å². The van der Waals surface area contributed by atoms with E-state index in [9.17, 15) is 4.79 Å². The molecular formula is C24H26N2O4. The van der Waals surface area contributed by atoms with Crippen molar-refractivity contribution >= 4 is 11.6 Å².